The van der Waals surface area contributed by atoms with Gasteiger partial charge in [-0.25, -0.2) is 8.78 Å². The van der Waals surface area contributed by atoms with Crippen LogP contribution >= 0.6 is 0 Å². The maximum Gasteiger partial charge on any atom is 0.228 e. The predicted octanol–water partition coefficient (Wildman–Crippen LogP) is 1.58. The lowest BCUT2D eigenvalue weighted by Gasteiger charge is -2.08. The molecule has 0 unspecified atom stereocenters. The van der Waals surface area contributed by atoms with Crippen LogP contribution in [0.15, 0.2) is 23.0 Å². The van der Waals surface area contributed by atoms with Crippen molar-refractivity contribution < 1.29 is 13.3 Å². The lowest BCUT2D eigenvalue weighted by atomic mass is 10.2. The molecular formula is C10H10F2N4O. The topological polar surface area (TPSA) is 77.0 Å². The van der Waals surface area contributed by atoms with Crippen LogP contribution in [0.4, 0.5) is 20.2 Å². The molecule has 5 nitrogen and oxygen atoms in total. The van der Waals surface area contributed by atoms with Crippen molar-refractivity contribution in [1.82, 2.24) is 10.1 Å². The Hall–Kier alpha value is -2.18. The Bertz CT molecular complexity index is 478. The van der Waals surface area contributed by atoms with Gasteiger partial charge in [0.25, 0.3) is 0 Å². The van der Waals surface area contributed by atoms with Gasteiger partial charge >= 0.3 is 0 Å². The van der Waals surface area contributed by atoms with Crippen molar-refractivity contribution in [2.75, 3.05) is 17.6 Å². The molecule has 2 aromatic rings. The summed E-state index contributed by atoms with van der Waals surface area (Å²) < 4.78 is 31.4. The molecule has 17 heavy (non-hydrogen) atoms. The zero-order chi connectivity index (χ0) is 12.3. The summed E-state index contributed by atoms with van der Waals surface area (Å²) >= 11 is 0. The average Bonchev–Trinajstić information content (AvgIpc) is 2.74. The van der Waals surface area contributed by atoms with Crippen LogP contribution in [0.5, 0.6) is 0 Å². The highest BCUT2D eigenvalue weighted by Crippen LogP contribution is 2.21. The minimum atomic E-state index is -0.729. The second-order valence-corrected chi connectivity index (χ2v) is 3.37. The fourth-order valence-corrected chi connectivity index (χ4v) is 1.36. The van der Waals surface area contributed by atoms with Gasteiger partial charge in [0, 0.05) is 18.7 Å². The lowest BCUT2D eigenvalue weighted by molar-refractivity contribution is 0.379. The smallest absolute Gasteiger partial charge is 0.228 e. The number of nitrogen functional groups attached to an aromatic ring is 1. The van der Waals surface area contributed by atoms with Crippen molar-refractivity contribution in [2.24, 2.45) is 0 Å². The molecule has 0 spiro atoms. The number of anilines is 2. The Kier molecular flexibility index (Phi) is 3.17. The van der Waals surface area contributed by atoms with Crippen molar-refractivity contribution in [3.8, 4) is 0 Å². The van der Waals surface area contributed by atoms with Crippen molar-refractivity contribution in [1.29, 1.82) is 0 Å². The first-order valence-electron chi connectivity index (χ1n) is 4.91. The van der Waals surface area contributed by atoms with Crippen molar-refractivity contribution in [3.63, 3.8) is 0 Å². The molecule has 1 aromatic carbocycles. The van der Waals surface area contributed by atoms with Crippen LogP contribution in [-0.4, -0.2) is 16.7 Å². The number of benzene rings is 1. The molecule has 0 atom stereocenters. The zero-order valence-corrected chi connectivity index (χ0v) is 8.78. The van der Waals surface area contributed by atoms with E-state index in [9.17, 15) is 8.78 Å². The van der Waals surface area contributed by atoms with E-state index in [0.717, 1.165) is 12.1 Å². The summed E-state index contributed by atoms with van der Waals surface area (Å²) in [5.74, 6) is -1.06. The molecule has 0 bridgehead atoms. The summed E-state index contributed by atoms with van der Waals surface area (Å²) in [6.45, 7) is 0.278. The third-order valence-electron chi connectivity index (χ3n) is 2.11. The molecule has 0 aliphatic carbocycles. The van der Waals surface area contributed by atoms with Gasteiger partial charge in [-0.15, -0.1) is 0 Å². The number of halogens is 2. The van der Waals surface area contributed by atoms with Gasteiger partial charge in [0.05, 0.1) is 0 Å². The van der Waals surface area contributed by atoms with Crippen molar-refractivity contribution in [3.05, 3.63) is 36.0 Å². The number of nitrogens with one attached hydrogen (secondary N) is 1. The molecule has 0 amide bonds. The minimum absolute atomic E-state index is 0.0439. The third-order valence-corrected chi connectivity index (χ3v) is 2.11. The molecule has 2 rings (SSSR count). The summed E-state index contributed by atoms with van der Waals surface area (Å²) in [7, 11) is 0. The Morgan fingerprint density at radius 2 is 2.00 bits per heavy atom. The molecule has 0 aliphatic rings. The van der Waals surface area contributed by atoms with Gasteiger partial charge in [-0.2, -0.15) is 4.98 Å². The van der Waals surface area contributed by atoms with Crippen molar-refractivity contribution in [2.45, 2.75) is 6.42 Å². The number of aromatic nitrogens is 2. The fraction of sp³-hybridized carbons (Fsp3) is 0.200. The second kappa shape index (κ2) is 4.77. The molecule has 0 saturated carbocycles. The monoisotopic (exact) mass is 240 g/mol. The van der Waals surface area contributed by atoms with E-state index >= 15 is 0 Å². The molecule has 1 aromatic heterocycles. The van der Waals surface area contributed by atoms with Crippen LogP contribution < -0.4 is 11.1 Å². The first kappa shape index (κ1) is 11.3. The van der Waals surface area contributed by atoms with Crippen LogP contribution in [0, 0.1) is 11.6 Å². The number of nitrogens with two attached hydrogens (primary N) is 1. The Morgan fingerprint density at radius 3 is 2.59 bits per heavy atom. The van der Waals surface area contributed by atoms with Crippen molar-refractivity contribution >= 4 is 11.4 Å². The SMILES string of the molecule is Nc1cc(F)c(NCCc2ncno2)c(F)c1. The third kappa shape index (κ3) is 2.68. The van der Waals surface area contributed by atoms with E-state index in [4.69, 9.17) is 10.3 Å². The molecule has 0 aliphatic heterocycles. The van der Waals surface area contributed by atoms with Crippen LogP contribution in [0.25, 0.3) is 0 Å². The maximum atomic E-state index is 13.3. The van der Waals surface area contributed by atoms with Crippen LogP contribution in [0.3, 0.4) is 0 Å². The summed E-state index contributed by atoms with van der Waals surface area (Å²) in [6.07, 6.45) is 1.64. The number of nitrogens with zero attached hydrogens (tertiary/aromatic N) is 2. The normalized spacial score (nSPS) is 10.5. The molecular weight excluding hydrogens is 230 g/mol. The largest absolute Gasteiger partial charge is 0.399 e. The zero-order valence-electron chi connectivity index (χ0n) is 8.78. The second-order valence-electron chi connectivity index (χ2n) is 3.37. The average molecular weight is 240 g/mol. The van der Waals surface area contributed by atoms with E-state index in [0.29, 0.717) is 12.3 Å². The van der Waals surface area contributed by atoms with Gasteiger partial charge in [-0.3, -0.25) is 0 Å². The van der Waals surface area contributed by atoms with Gasteiger partial charge < -0.3 is 15.6 Å². The summed E-state index contributed by atoms with van der Waals surface area (Å²) in [4.78, 5) is 3.78. The van der Waals surface area contributed by atoms with E-state index in [-0.39, 0.29) is 17.9 Å². The molecule has 0 fully saturated rings. The summed E-state index contributed by atoms with van der Waals surface area (Å²) in [5.41, 5.74) is 5.13. The summed E-state index contributed by atoms with van der Waals surface area (Å²) in [6, 6.07) is 2.11. The van der Waals surface area contributed by atoms with E-state index in [2.05, 4.69) is 15.5 Å². The molecule has 1 heterocycles. The Labute approximate surface area is 95.6 Å². The predicted molar refractivity (Wildman–Crippen MR) is 57.3 cm³/mol. The standard InChI is InChI=1S/C10H10F2N4O/c11-7-3-6(13)4-8(12)10(7)14-2-1-9-15-5-16-17-9/h3-5,14H,1-2,13H2. The van der Waals surface area contributed by atoms with E-state index in [1.807, 2.05) is 0 Å². The molecule has 0 saturated heterocycles. The Morgan fingerprint density at radius 1 is 1.29 bits per heavy atom. The quantitative estimate of drug-likeness (QED) is 0.793. The maximum absolute atomic E-state index is 13.3. The highest BCUT2D eigenvalue weighted by Gasteiger charge is 2.10. The highest BCUT2D eigenvalue weighted by atomic mass is 19.1. The summed E-state index contributed by atoms with van der Waals surface area (Å²) in [5, 5.41) is 6.03. The lowest BCUT2D eigenvalue weighted by Crippen LogP contribution is -2.08. The molecule has 0 radical (unpaired) electrons. The first-order valence-corrected chi connectivity index (χ1v) is 4.91. The fourth-order valence-electron chi connectivity index (χ4n) is 1.36. The minimum Gasteiger partial charge on any atom is -0.399 e. The van der Waals surface area contributed by atoms with Gasteiger partial charge in [0.2, 0.25) is 5.89 Å². The van der Waals surface area contributed by atoms with Crippen LogP contribution in [0.2, 0.25) is 0 Å². The Balaban J connectivity index is 1.99. The van der Waals surface area contributed by atoms with E-state index < -0.39 is 11.6 Å². The van der Waals surface area contributed by atoms with Gasteiger partial charge in [-0.05, 0) is 12.1 Å². The molecule has 3 N–H and O–H groups in total. The van der Waals surface area contributed by atoms with Gasteiger partial charge in [-0.1, -0.05) is 5.16 Å². The van der Waals surface area contributed by atoms with Crippen LogP contribution in [0.1, 0.15) is 5.89 Å². The number of hydrogen-bond acceptors (Lipinski definition) is 5. The molecule has 7 heteroatoms. The van der Waals surface area contributed by atoms with Gasteiger partial charge in [0.15, 0.2) is 18.0 Å². The van der Waals surface area contributed by atoms with E-state index in [1.165, 1.54) is 6.33 Å². The molecule has 90 valence electrons. The van der Waals surface area contributed by atoms with E-state index in [1.54, 1.807) is 0 Å². The van der Waals surface area contributed by atoms with Crippen LogP contribution in [-0.2, 0) is 6.42 Å². The number of hydrogen-bond donors (Lipinski definition) is 2. The van der Waals surface area contributed by atoms with Gasteiger partial charge in [0.1, 0.15) is 5.69 Å². The number of rotatable bonds is 4. The first-order chi connectivity index (χ1) is 8.16. The highest BCUT2D eigenvalue weighted by molar-refractivity contribution is 5.54.